The molecule has 1 aliphatic rings. The van der Waals surface area contributed by atoms with Crippen molar-refractivity contribution in [2.75, 3.05) is 38.1 Å². The molecule has 0 aromatic heterocycles. The van der Waals surface area contributed by atoms with Gasteiger partial charge < -0.3 is 20.1 Å². The van der Waals surface area contributed by atoms with Gasteiger partial charge in [-0.2, -0.15) is 0 Å². The topological polar surface area (TPSA) is 71.6 Å². The van der Waals surface area contributed by atoms with Gasteiger partial charge in [0.05, 0.1) is 0 Å². The second-order valence-electron chi connectivity index (χ2n) is 7.42. The van der Waals surface area contributed by atoms with E-state index in [1.54, 1.807) is 12.1 Å². The predicted octanol–water partition coefficient (Wildman–Crippen LogP) is 3.00. The maximum Gasteiger partial charge on any atom is 0.412 e. The van der Waals surface area contributed by atoms with E-state index in [1.165, 1.54) is 12.8 Å². The molecule has 6 nitrogen and oxygen atoms in total. The van der Waals surface area contributed by atoms with Crippen LogP contribution in [0.4, 0.5) is 10.5 Å². The summed E-state index contributed by atoms with van der Waals surface area (Å²) in [6.45, 7) is 10.3. The number of benzene rings is 1. The van der Waals surface area contributed by atoms with Crippen molar-refractivity contribution < 1.29 is 14.3 Å². The van der Waals surface area contributed by atoms with Crippen LogP contribution >= 0.6 is 0 Å². The number of hydrogen-bond donors (Lipinski definition) is 3. The molecule has 140 valence electrons. The summed E-state index contributed by atoms with van der Waals surface area (Å²) in [5.41, 5.74) is 0.179. The maximum atomic E-state index is 11.7. The van der Waals surface area contributed by atoms with Gasteiger partial charge in [-0.3, -0.25) is 5.32 Å². The number of carbonyl (C=O) groups excluding carboxylic acids is 1. The summed E-state index contributed by atoms with van der Waals surface area (Å²) in [4.78, 5) is 11.7. The van der Waals surface area contributed by atoms with Crippen molar-refractivity contribution in [3.8, 4) is 5.75 Å². The number of amides is 1. The van der Waals surface area contributed by atoms with Crippen LogP contribution in [-0.4, -0.2) is 44.5 Å². The lowest BCUT2D eigenvalue weighted by atomic mass is 10.00. The van der Waals surface area contributed by atoms with Gasteiger partial charge in [0, 0.05) is 12.2 Å². The summed E-state index contributed by atoms with van der Waals surface area (Å²) in [7, 11) is 0. The third-order valence-electron chi connectivity index (χ3n) is 3.88. The van der Waals surface area contributed by atoms with Crippen molar-refractivity contribution in [1.82, 2.24) is 10.6 Å². The molecule has 1 aromatic rings. The lowest BCUT2D eigenvalue weighted by molar-refractivity contribution is 0.0636. The van der Waals surface area contributed by atoms with Crippen LogP contribution in [0.1, 0.15) is 33.6 Å². The lowest BCUT2D eigenvalue weighted by Crippen LogP contribution is -2.37. The Labute approximate surface area is 150 Å². The van der Waals surface area contributed by atoms with Gasteiger partial charge in [0.1, 0.15) is 18.0 Å². The standard InChI is InChI=1S/C19H31N3O3/c1-19(2,3)25-18(23)22-16-6-8-17(9-7-16)24-12-11-21-14-15-5-4-10-20-13-15/h6-9,15,20-21H,4-5,10-14H2,1-3H3,(H,22,23). The molecule has 0 aliphatic carbocycles. The van der Waals surface area contributed by atoms with Gasteiger partial charge in [-0.15, -0.1) is 0 Å². The first-order chi connectivity index (χ1) is 11.9. The zero-order valence-electron chi connectivity index (χ0n) is 15.6. The average molecular weight is 349 g/mol. The predicted molar refractivity (Wildman–Crippen MR) is 100 cm³/mol. The Morgan fingerprint density at radius 1 is 1.28 bits per heavy atom. The summed E-state index contributed by atoms with van der Waals surface area (Å²) < 4.78 is 10.9. The van der Waals surface area contributed by atoms with Gasteiger partial charge in [0.15, 0.2) is 0 Å². The van der Waals surface area contributed by atoms with E-state index in [-0.39, 0.29) is 0 Å². The molecule has 0 spiro atoms. The van der Waals surface area contributed by atoms with Gasteiger partial charge in [-0.25, -0.2) is 4.79 Å². The first-order valence-corrected chi connectivity index (χ1v) is 9.07. The Morgan fingerprint density at radius 3 is 2.68 bits per heavy atom. The normalized spacial score (nSPS) is 17.8. The highest BCUT2D eigenvalue weighted by molar-refractivity contribution is 5.84. The first-order valence-electron chi connectivity index (χ1n) is 9.07. The Bertz CT molecular complexity index is 520. The van der Waals surface area contributed by atoms with Gasteiger partial charge in [-0.1, -0.05) is 0 Å². The van der Waals surface area contributed by atoms with Crippen molar-refractivity contribution in [3.63, 3.8) is 0 Å². The van der Waals surface area contributed by atoms with E-state index in [1.807, 2.05) is 32.9 Å². The monoisotopic (exact) mass is 349 g/mol. The van der Waals surface area contributed by atoms with E-state index in [9.17, 15) is 4.79 Å². The van der Waals surface area contributed by atoms with Crippen molar-refractivity contribution in [2.45, 2.75) is 39.2 Å². The van der Waals surface area contributed by atoms with Crippen LogP contribution in [-0.2, 0) is 4.74 Å². The minimum absolute atomic E-state index is 0.456. The van der Waals surface area contributed by atoms with Crippen LogP contribution in [0.2, 0.25) is 0 Å². The average Bonchev–Trinajstić information content (AvgIpc) is 2.55. The molecule has 0 bridgehead atoms. The van der Waals surface area contributed by atoms with E-state index >= 15 is 0 Å². The molecular formula is C19H31N3O3. The summed E-state index contributed by atoms with van der Waals surface area (Å²) in [6, 6.07) is 7.30. The fourth-order valence-corrected chi connectivity index (χ4v) is 2.70. The van der Waals surface area contributed by atoms with E-state index in [0.717, 1.165) is 37.8 Å². The summed E-state index contributed by atoms with van der Waals surface area (Å²) in [5, 5.41) is 9.57. The third-order valence-corrected chi connectivity index (χ3v) is 3.88. The number of anilines is 1. The second kappa shape index (κ2) is 9.63. The molecule has 25 heavy (non-hydrogen) atoms. The zero-order chi connectivity index (χ0) is 18.1. The van der Waals surface area contributed by atoms with E-state index in [0.29, 0.717) is 12.3 Å². The van der Waals surface area contributed by atoms with Crippen LogP contribution in [0.5, 0.6) is 5.75 Å². The molecule has 1 heterocycles. The largest absolute Gasteiger partial charge is 0.492 e. The molecule has 1 atom stereocenters. The highest BCUT2D eigenvalue weighted by Gasteiger charge is 2.16. The minimum Gasteiger partial charge on any atom is -0.492 e. The van der Waals surface area contributed by atoms with E-state index in [2.05, 4.69) is 16.0 Å². The molecule has 1 saturated heterocycles. The van der Waals surface area contributed by atoms with Gasteiger partial charge in [0.2, 0.25) is 0 Å². The lowest BCUT2D eigenvalue weighted by Gasteiger charge is -2.22. The molecule has 1 unspecified atom stereocenters. The first kappa shape index (κ1) is 19.5. The van der Waals surface area contributed by atoms with Crippen molar-refractivity contribution in [2.24, 2.45) is 5.92 Å². The molecule has 1 amide bonds. The SMILES string of the molecule is CC(C)(C)OC(=O)Nc1ccc(OCCNCC2CCCNC2)cc1. The number of rotatable bonds is 7. The Morgan fingerprint density at radius 2 is 2.04 bits per heavy atom. The molecule has 0 saturated carbocycles. The number of piperidine rings is 1. The molecule has 0 radical (unpaired) electrons. The molecule has 1 aromatic carbocycles. The van der Waals surface area contributed by atoms with Crippen LogP contribution in [0.15, 0.2) is 24.3 Å². The second-order valence-corrected chi connectivity index (χ2v) is 7.42. The van der Waals surface area contributed by atoms with Crippen molar-refractivity contribution >= 4 is 11.8 Å². The molecule has 2 rings (SSSR count). The summed E-state index contributed by atoms with van der Waals surface area (Å²) >= 11 is 0. The fourth-order valence-electron chi connectivity index (χ4n) is 2.70. The van der Waals surface area contributed by atoms with Crippen LogP contribution in [0.3, 0.4) is 0 Å². The maximum absolute atomic E-state index is 11.7. The molecule has 1 aliphatic heterocycles. The highest BCUT2D eigenvalue weighted by atomic mass is 16.6. The van der Waals surface area contributed by atoms with E-state index in [4.69, 9.17) is 9.47 Å². The molecular weight excluding hydrogens is 318 g/mol. The van der Waals surface area contributed by atoms with Gasteiger partial charge >= 0.3 is 6.09 Å². The summed E-state index contributed by atoms with van der Waals surface area (Å²) in [5.74, 6) is 1.52. The quantitative estimate of drug-likeness (QED) is 0.660. The number of ether oxygens (including phenoxy) is 2. The third kappa shape index (κ3) is 8.23. The highest BCUT2D eigenvalue weighted by Crippen LogP contribution is 2.17. The zero-order valence-corrected chi connectivity index (χ0v) is 15.6. The Balaban J connectivity index is 1.62. The number of nitrogens with one attached hydrogen (secondary N) is 3. The smallest absolute Gasteiger partial charge is 0.412 e. The molecule has 1 fully saturated rings. The fraction of sp³-hybridized carbons (Fsp3) is 0.632. The number of hydrogen-bond acceptors (Lipinski definition) is 5. The van der Waals surface area contributed by atoms with Crippen LogP contribution in [0.25, 0.3) is 0 Å². The molecule has 6 heteroatoms. The summed E-state index contributed by atoms with van der Waals surface area (Å²) in [6.07, 6.45) is 2.11. The Hall–Kier alpha value is -1.79. The van der Waals surface area contributed by atoms with Crippen LogP contribution in [0, 0.1) is 5.92 Å². The van der Waals surface area contributed by atoms with Crippen LogP contribution < -0.4 is 20.7 Å². The minimum atomic E-state index is -0.506. The van der Waals surface area contributed by atoms with Crippen molar-refractivity contribution in [3.05, 3.63) is 24.3 Å². The van der Waals surface area contributed by atoms with Crippen molar-refractivity contribution in [1.29, 1.82) is 0 Å². The van der Waals surface area contributed by atoms with Gasteiger partial charge in [-0.05, 0) is 83.4 Å². The van der Waals surface area contributed by atoms with E-state index < -0.39 is 11.7 Å². The Kier molecular flexibility index (Phi) is 7.52. The molecule has 3 N–H and O–H groups in total. The van der Waals surface area contributed by atoms with Gasteiger partial charge in [0.25, 0.3) is 0 Å². The number of carbonyl (C=O) groups is 1.